The summed E-state index contributed by atoms with van der Waals surface area (Å²) in [5, 5.41) is 9.74. The minimum atomic E-state index is -0.197. The number of aliphatic hydroxyl groups is 1. The summed E-state index contributed by atoms with van der Waals surface area (Å²) in [5.74, 6) is 0.942. The summed E-state index contributed by atoms with van der Waals surface area (Å²) < 4.78 is 4.60. The van der Waals surface area contributed by atoms with Crippen LogP contribution in [0.1, 0.15) is 19.3 Å². The van der Waals surface area contributed by atoms with Crippen LogP contribution < -0.4 is 0 Å². The van der Waals surface area contributed by atoms with E-state index in [1.165, 1.54) is 7.11 Å². The van der Waals surface area contributed by atoms with Crippen molar-refractivity contribution in [2.75, 3.05) is 7.11 Å². The fraction of sp³-hybridized carbons (Fsp3) is 0.727. The number of rotatable bonds is 3. The van der Waals surface area contributed by atoms with Gasteiger partial charge in [0.25, 0.3) is 0 Å². The zero-order chi connectivity index (χ0) is 10.1. The third kappa shape index (κ3) is 1.57. The second kappa shape index (κ2) is 3.73. The van der Waals surface area contributed by atoms with Gasteiger partial charge in [-0.05, 0) is 18.8 Å². The van der Waals surface area contributed by atoms with Crippen LogP contribution in [0, 0.1) is 17.8 Å². The summed E-state index contributed by atoms with van der Waals surface area (Å²) in [7, 11) is 1.41. The van der Waals surface area contributed by atoms with Gasteiger partial charge in [0.1, 0.15) is 0 Å². The molecule has 2 bridgehead atoms. The minimum Gasteiger partial charge on any atom is -0.469 e. The zero-order valence-corrected chi connectivity index (χ0v) is 8.35. The SMILES string of the molecule is COC(=O)CCC1CC2C=CC1C2O. The van der Waals surface area contributed by atoms with Crippen LogP contribution in [0.15, 0.2) is 12.2 Å². The van der Waals surface area contributed by atoms with E-state index in [2.05, 4.69) is 16.9 Å². The molecule has 0 saturated heterocycles. The van der Waals surface area contributed by atoms with Crippen LogP contribution in [0.3, 0.4) is 0 Å². The highest BCUT2D eigenvalue weighted by molar-refractivity contribution is 5.69. The summed E-state index contributed by atoms with van der Waals surface area (Å²) >= 11 is 0. The lowest BCUT2D eigenvalue weighted by molar-refractivity contribution is -0.141. The molecule has 0 radical (unpaired) electrons. The number of aliphatic hydroxyl groups excluding tert-OH is 1. The molecule has 1 fully saturated rings. The third-order valence-corrected chi connectivity index (χ3v) is 3.48. The molecule has 4 atom stereocenters. The molecule has 2 aliphatic rings. The van der Waals surface area contributed by atoms with Gasteiger partial charge in [0, 0.05) is 18.3 Å². The molecule has 0 aromatic rings. The van der Waals surface area contributed by atoms with E-state index in [4.69, 9.17) is 0 Å². The van der Waals surface area contributed by atoms with Crippen molar-refractivity contribution >= 4 is 5.97 Å². The average molecular weight is 196 g/mol. The standard InChI is InChI=1S/C11H16O3/c1-14-10(12)5-3-7-6-8-2-4-9(7)11(8)13/h2,4,7-9,11,13H,3,5-6H2,1H3. The third-order valence-electron chi connectivity index (χ3n) is 3.48. The molecule has 1 N–H and O–H groups in total. The Hall–Kier alpha value is -0.830. The molecular weight excluding hydrogens is 180 g/mol. The fourth-order valence-electron chi connectivity index (χ4n) is 2.66. The maximum Gasteiger partial charge on any atom is 0.305 e. The molecule has 2 aliphatic carbocycles. The van der Waals surface area contributed by atoms with Crippen molar-refractivity contribution in [3.05, 3.63) is 12.2 Å². The van der Waals surface area contributed by atoms with Crippen molar-refractivity contribution in [2.45, 2.75) is 25.4 Å². The van der Waals surface area contributed by atoms with Crippen molar-refractivity contribution in [1.82, 2.24) is 0 Å². The average Bonchev–Trinajstić information content (AvgIpc) is 2.70. The Balaban J connectivity index is 1.84. The minimum absolute atomic E-state index is 0.147. The number of ether oxygens (including phenoxy) is 1. The van der Waals surface area contributed by atoms with Crippen LogP contribution in [0.5, 0.6) is 0 Å². The number of carbonyl (C=O) groups excluding carboxylic acids is 1. The van der Waals surface area contributed by atoms with Crippen LogP contribution in [0.4, 0.5) is 0 Å². The van der Waals surface area contributed by atoms with Gasteiger partial charge < -0.3 is 9.84 Å². The predicted octanol–water partition coefficient (Wildman–Crippen LogP) is 1.12. The van der Waals surface area contributed by atoms with E-state index in [1.54, 1.807) is 0 Å². The summed E-state index contributed by atoms with van der Waals surface area (Å²) in [5.41, 5.74) is 0. The molecule has 78 valence electrons. The van der Waals surface area contributed by atoms with Gasteiger partial charge in [0.05, 0.1) is 13.2 Å². The van der Waals surface area contributed by atoms with Crippen LogP contribution >= 0.6 is 0 Å². The molecule has 0 amide bonds. The molecule has 1 saturated carbocycles. The first-order valence-electron chi connectivity index (χ1n) is 5.15. The Kier molecular flexibility index (Phi) is 2.59. The summed E-state index contributed by atoms with van der Waals surface area (Å²) in [6.45, 7) is 0. The lowest BCUT2D eigenvalue weighted by Gasteiger charge is -2.17. The lowest BCUT2D eigenvalue weighted by Crippen LogP contribution is -2.16. The van der Waals surface area contributed by atoms with E-state index < -0.39 is 0 Å². The van der Waals surface area contributed by atoms with Gasteiger partial charge in [0.2, 0.25) is 0 Å². The molecule has 0 heterocycles. The molecule has 3 heteroatoms. The van der Waals surface area contributed by atoms with E-state index in [-0.39, 0.29) is 18.0 Å². The maximum absolute atomic E-state index is 11.0. The van der Waals surface area contributed by atoms with Crippen molar-refractivity contribution in [3.8, 4) is 0 Å². The summed E-state index contributed by atoms with van der Waals surface area (Å²) in [6.07, 6.45) is 6.35. The summed E-state index contributed by atoms with van der Waals surface area (Å²) in [6, 6.07) is 0. The topological polar surface area (TPSA) is 46.5 Å². The quantitative estimate of drug-likeness (QED) is 0.543. The van der Waals surface area contributed by atoms with Crippen molar-refractivity contribution in [1.29, 1.82) is 0 Å². The molecule has 14 heavy (non-hydrogen) atoms. The van der Waals surface area contributed by atoms with Crippen LogP contribution in [-0.2, 0) is 9.53 Å². The Morgan fingerprint density at radius 2 is 2.36 bits per heavy atom. The second-order valence-electron chi connectivity index (χ2n) is 4.23. The van der Waals surface area contributed by atoms with Gasteiger partial charge in [0.15, 0.2) is 0 Å². The Morgan fingerprint density at radius 1 is 1.57 bits per heavy atom. The van der Waals surface area contributed by atoms with Gasteiger partial charge in [-0.1, -0.05) is 12.2 Å². The smallest absolute Gasteiger partial charge is 0.305 e. The molecule has 0 aromatic heterocycles. The summed E-state index contributed by atoms with van der Waals surface area (Å²) in [4.78, 5) is 11.0. The van der Waals surface area contributed by atoms with Crippen molar-refractivity contribution in [3.63, 3.8) is 0 Å². The van der Waals surface area contributed by atoms with E-state index in [9.17, 15) is 9.90 Å². The van der Waals surface area contributed by atoms with Crippen molar-refractivity contribution < 1.29 is 14.6 Å². The number of fused-ring (bicyclic) bond motifs is 2. The highest BCUT2D eigenvalue weighted by Crippen LogP contribution is 2.45. The molecule has 0 aromatic carbocycles. The Morgan fingerprint density at radius 3 is 2.86 bits per heavy atom. The first-order valence-corrected chi connectivity index (χ1v) is 5.15. The van der Waals surface area contributed by atoms with Gasteiger partial charge >= 0.3 is 5.97 Å². The lowest BCUT2D eigenvalue weighted by atomic mass is 9.89. The Bertz CT molecular complexity index is 259. The fourth-order valence-corrected chi connectivity index (χ4v) is 2.66. The number of methoxy groups -OCH3 is 1. The van der Waals surface area contributed by atoms with Crippen LogP contribution in [0.25, 0.3) is 0 Å². The van der Waals surface area contributed by atoms with E-state index in [1.807, 2.05) is 0 Å². The molecule has 3 nitrogen and oxygen atoms in total. The van der Waals surface area contributed by atoms with Gasteiger partial charge in [-0.25, -0.2) is 0 Å². The molecule has 2 rings (SSSR count). The maximum atomic E-state index is 11.0. The monoisotopic (exact) mass is 196 g/mol. The van der Waals surface area contributed by atoms with Gasteiger partial charge in [-0.15, -0.1) is 0 Å². The number of hydrogen-bond donors (Lipinski definition) is 1. The van der Waals surface area contributed by atoms with E-state index in [0.717, 1.165) is 12.8 Å². The first kappa shape index (κ1) is 9.71. The Labute approximate surface area is 83.8 Å². The molecule has 0 spiro atoms. The van der Waals surface area contributed by atoms with E-state index >= 15 is 0 Å². The molecule has 4 unspecified atom stereocenters. The van der Waals surface area contributed by atoms with Crippen LogP contribution in [-0.4, -0.2) is 24.3 Å². The number of esters is 1. The highest BCUT2D eigenvalue weighted by atomic mass is 16.5. The first-order chi connectivity index (χ1) is 6.72. The predicted molar refractivity (Wildman–Crippen MR) is 51.5 cm³/mol. The van der Waals surface area contributed by atoms with Gasteiger partial charge in [-0.3, -0.25) is 4.79 Å². The molecular formula is C11H16O3. The number of carbonyl (C=O) groups is 1. The number of hydrogen-bond acceptors (Lipinski definition) is 3. The largest absolute Gasteiger partial charge is 0.469 e. The second-order valence-corrected chi connectivity index (χ2v) is 4.23. The van der Waals surface area contributed by atoms with Gasteiger partial charge in [-0.2, -0.15) is 0 Å². The normalized spacial score (nSPS) is 39.0. The van der Waals surface area contributed by atoms with Crippen molar-refractivity contribution in [2.24, 2.45) is 17.8 Å². The highest BCUT2D eigenvalue weighted by Gasteiger charge is 2.43. The van der Waals surface area contributed by atoms with Crippen LogP contribution in [0.2, 0.25) is 0 Å². The molecule has 0 aliphatic heterocycles. The zero-order valence-electron chi connectivity index (χ0n) is 8.35. The van der Waals surface area contributed by atoms with E-state index in [0.29, 0.717) is 18.3 Å².